The van der Waals surface area contributed by atoms with Gasteiger partial charge in [-0.05, 0) is 6.42 Å². The van der Waals surface area contributed by atoms with Gasteiger partial charge >= 0.3 is 0 Å². The lowest BCUT2D eigenvalue weighted by atomic mass is 9.99. The molecule has 0 aromatic rings. The van der Waals surface area contributed by atoms with Crippen molar-refractivity contribution in [3.8, 4) is 0 Å². The van der Waals surface area contributed by atoms with Crippen LogP contribution in [0.3, 0.4) is 0 Å². The van der Waals surface area contributed by atoms with E-state index in [0.717, 1.165) is 12.8 Å². The van der Waals surface area contributed by atoms with Gasteiger partial charge in [0.2, 0.25) is 5.91 Å². The first-order valence-electron chi connectivity index (χ1n) is 4.84. The Balaban J connectivity index is 2.25. The van der Waals surface area contributed by atoms with E-state index < -0.39 is 0 Å². The fraction of sp³-hybridized carbons (Fsp3) is 0.889. The maximum absolute atomic E-state index is 11.5. The predicted octanol–water partition coefficient (Wildman–Crippen LogP) is -0.435. The van der Waals surface area contributed by atoms with Crippen LogP contribution in [0.1, 0.15) is 19.8 Å². The van der Waals surface area contributed by atoms with Gasteiger partial charge in [-0.3, -0.25) is 4.79 Å². The lowest BCUT2D eigenvalue weighted by Crippen LogP contribution is -2.56. The minimum atomic E-state index is -0.343. The summed E-state index contributed by atoms with van der Waals surface area (Å²) < 4.78 is 0. The van der Waals surface area contributed by atoms with Crippen LogP contribution in [0.15, 0.2) is 0 Å². The number of carbonyl (C=O) groups excluding carboxylic acids is 1. The molecule has 0 aromatic heterocycles. The fourth-order valence-electron chi connectivity index (χ4n) is 1.53. The second kappa shape index (κ2) is 4.58. The Kier molecular flexibility index (Phi) is 3.69. The Labute approximate surface area is 78.7 Å². The van der Waals surface area contributed by atoms with Gasteiger partial charge in [-0.2, -0.15) is 0 Å². The number of nitrogens with two attached hydrogens (primary N) is 1. The molecule has 1 aliphatic heterocycles. The van der Waals surface area contributed by atoms with Crippen molar-refractivity contribution in [1.29, 1.82) is 0 Å². The number of hydrogen-bond donors (Lipinski definition) is 2. The van der Waals surface area contributed by atoms with Crippen molar-refractivity contribution in [2.45, 2.75) is 25.8 Å². The number of nitrogens with zero attached hydrogens (tertiary/aromatic N) is 1. The summed E-state index contributed by atoms with van der Waals surface area (Å²) in [5.41, 5.74) is 5.67. The molecule has 0 radical (unpaired) electrons. The zero-order valence-electron chi connectivity index (χ0n) is 8.07. The Hall–Kier alpha value is -0.610. The number of aliphatic hydroxyl groups is 1. The van der Waals surface area contributed by atoms with E-state index >= 15 is 0 Å². The summed E-state index contributed by atoms with van der Waals surface area (Å²) in [6.07, 6.45) is 1.68. The van der Waals surface area contributed by atoms with Crippen LogP contribution in [-0.4, -0.2) is 41.7 Å². The zero-order valence-corrected chi connectivity index (χ0v) is 8.07. The van der Waals surface area contributed by atoms with E-state index in [-0.39, 0.29) is 24.5 Å². The molecule has 1 saturated heterocycles. The maximum atomic E-state index is 11.5. The van der Waals surface area contributed by atoms with Crippen LogP contribution >= 0.6 is 0 Å². The number of amides is 1. The maximum Gasteiger partial charge on any atom is 0.239 e. The summed E-state index contributed by atoms with van der Waals surface area (Å²) >= 11 is 0. The van der Waals surface area contributed by atoms with Crippen LogP contribution in [0.2, 0.25) is 0 Å². The normalized spacial score (nSPS) is 19.8. The van der Waals surface area contributed by atoms with Crippen molar-refractivity contribution in [3.05, 3.63) is 0 Å². The van der Waals surface area contributed by atoms with E-state index in [1.54, 1.807) is 4.90 Å². The van der Waals surface area contributed by atoms with Gasteiger partial charge in [0.05, 0.1) is 6.04 Å². The van der Waals surface area contributed by atoms with Crippen LogP contribution in [0.4, 0.5) is 0 Å². The van der Waals surface area contributed by atoms with Crippen molar-refractivity contribution in [3.63, 3.8) is 0 Å². The third-order valence-corrected chi connectivity index (χ3v) is 2.44. The Morgan fingerprint density at radius 2 is 2.31 bits per heavy atom. The minimum absolute atomic E-state index is 0.0338. The van der Waals surface area contributed by atoms with E-state index in [0.29, 0.717) is 13.1 Å². The highest BCUT2D eigenvalue weighted by atomic mass is 16.3. The Morgan fingerprint density at radius 1 is 1.69 bits per heavy atom. The van der Waals surface area contributed by atoms with Crippen molar-refractivity contribution >= 4 is 5.91 Å². The molecule has 1 amide bonds. The predicted molar refractivity (Wildman–Crippen MR) is 50.0 cm³/mol. The van der Waals surface area contributed by atoms with Crippen LogP contribution in [0.25, 0.3) is 0 Å². The summed E-state index contributed by atoms with van der Waals surface area (Å²) in [6, 6.07) is -0.343. The molecule has 0 bridgehead atoms. The average molecular weight is 186 g/mol. The van der Waals surface area contributed by atoms with Gasteiger partial charge in [0.25, 0.3) is 0 Å². The van der Waals surface area contributed by atoms with Crippen LogP contribution in [-0.2, 0) is 4.79 Å². The first-order chi connectivity index (χ1) is 6.19. The molecule has 0 unspecified atom stereocenters. The molecule has 0 saturated carbocycles. The monoisotopic (exact) mass is 186 g/mol. The molecule has 0 aliphatic carbocycles. The highest BCUT2D eigenvalue weighted by Crippen LogP contribution is 2.16. The number of aliphatic hydroxyl groups excluding tert-OH is 1. The van der Waals surface area contributed by atoms with E-state index in [9.17, 15) is 4.79 Å². The summed E-state index contributed by atoms with van der Waals surface area (Å²) in [4.78, 5) is 13.2. The second-order valence-corrected chi connectivity index (χ2v) is 3.69. The van der Waals surface area contributed by atoms with E-state index in [2.05, 4.69) is 0 Å². The second-order valence-electron chi connectivity index (χ2n) is 3.69. The van der Waals surface area contributed by atoms with E-state index in [1.165, 1.54) is 0 Å². The van der Waals surface area contributed by atoms with Gasteiger partial charge in [-0.1, -0.05) is 13.3 Å². The fourth-order valence-corrected chi connectivity index (χ4v) is 1.53. The van der Waals surface area contributed by atoms with Crippen LogP contribution in [0.5, 0.6) is 0 Å². The van der Waals surface area contributed by atoms with Crippen molar-refractivity contribution in [2.75, 3.05) is 19.7 Å². The summed E-state index contributed by atoms with van der Waals surface area (Å²) in [5, 5.41) is 8.76. The highest BCUT2D eigenvalue weighted by molar-refractivity contribution is 5.82. The SMILES string of the molecule is CCC[C@@H](N)C(=O)N1CC(CO)C1. The molecular weight excluding hydrogens is 168 g/mol. The first kappa shape index (κ1) is 10.5. The van der Waals surface area contributed by atoms with Crippen LogP contribution in [0, 0.1) is 5.92 Å². The highest BCUT2D eigenvalue weighted by Gasteiger charge is 2.32. The Bertz CT molecular complexity index is 178. The molecular formula is C9H18N2O2. The van der Waals surface area contributed by atoms with Crippen molar-refractivity contribution < 1.29 is 9.90 Å². The molecule has 3 N–H and O–H groups in total. The molecule has 1 rings (SSSR count). The molecule has 1 heterocycles. The molecule has 13 heavy (non-hydrogen) atoms. The smallest absolute Gasteiger partial charge is 0.239 e. The lowest BCUT2D eigenvalue weighted by Gasteiger charge is -2.39. The standard InChI is InChI=1S/C9H18N2O2/c1-2-3-8(10)9(13)11-4-7(5-11)6-12/h7-8,12H,2-6,10H2,1H3/t8-/m1/s1. The van der Waals surface area contributed by atoms with Crippen LogP contribution < -0.4 is 5.73 Å². The largest absolute Gasteiger partial charge is 0.396 e. The molecule has 0 spiro atoms. The molecule has 1 aliphatic rings. The van der Waals surface area contributed by atoms with Gasteiger partial charge in [-0.15, -0.1) is 0 Å². The molecule has 0 aromatic carbocycles. The van der Waals surface area contributed by atoms with Gasteiger partial charge < -0.3 is 15.7 Å². The third-order valence-electron chi connectivity index (χ3n) is 2.44. The topological polar surface area (TPSA) is 66.6 Å². The molecule has 4 nitrogen and oxygen atoms in total. The van der Waals surface area contributed by atoms with Crippen molar-refractivity contribution in [1.82, 2.24) is 4.90 Å². The average Bonchev–Trinajstić information content (AvgIpc) is 2.02. The first-order valence-corrected chi connectivity index (χ1v) is 4.84. The number of likely N-dealkylation sites (tertiary alicyclic amines) is 1. The zero-order chi connectivity index (χ0) is 9.84. The number of hydrogen-bond acceptors (Lipinski definition) is 3. The summed E-state index contributed by atoms with van der Waals surface area (Å²) in [6.45, 7) is 3.53. The van der Waals surface area contributed by atoms with Gasteiger partial charge in [0.1, 0.15) is 0 Å². The molecule has 4 heteroatoms. The summed E-state index contributed by atoms with van der Waals surface area (Å²) in [5.74, 6) is 0.310. The van der Waals surface area contributed by atoms with Gasteiger partial charge in [0, 0.05) is 25.6 Å². The third kappa shape index (κ3) is 2.42. The lowest BCUT2D eigenvalue weighted by molar-refractivity contribution is -0.140. The van der Waals surface area contributed by atoms with Gasteiger partial charge in [0.15, 0.2) is 0 Å². The Morgan fingerprint density at radius 3 is 2.77 bits per heavy atom. The van der Waals surface area contributed by atoms with E-state index in [1.807, 2.05) is 6.92 Å². The number of rotatable bonds is 4. The minimum Gasteiger partial charge on any atom is -0.396 e. The summed E-state index contributed by atoms with van der Waals surface area (Å²) in [7, 11) is 0. The quantitative estimate of drug-likeness (QED) is 0.625. The number of carbonyl (C=O) groups is 1. The van der Waals surface area contributed by atoms with Crippen molar-refractivity contribution in [2.24, 2.45) is 11.7 Å². The molecule has 1 atom stereocenters. The molecule has 76 valence electrons. The van der Waals surface area contributed by atoms with Gasteiger partial charge in [-0.25, -0.2) is 0 Å². The van der Waals surface area contributed by atoms with E-state index in [4.69, 9.17) is 10.8 Å². The molecule has 1 fully saturated rings.